The van der Waals surface area contributed by atoms with Crippen LogP contribution in [0.3, 0.4) is 0 Å². The van der Waals surface area contributed by atoms with Crippen molar-refractivity contribution in [1.29, 1.82) is 0 Å². The zero-order chi connectivity index (χ0) is 15.6. The van der Waals surface area contributed by atoms with Crippen molar-refractivity contribution >= 4 is 22.9 Å². The molecule has 0 unspecified atom stereocenters. The number of benzene rings is 1. The van der Waals surface area contributed by atoms with Crippen molar-refractivity contribution in [3.05, 3.63) is 57.8 Å². The van der Waals surface area contributed by atoms with Gasteiger partial charge < -0.3 is 10.6 Å². The van der Waals surface area contributed by atoms with E-state index in [9.17, 15) is 9.18 Å². The van der Waals surface area contributed by atoms with E-state index >= 15 is 0 Å². The molecule has 5 nitrogen and oxygen atoms in total. The van der Waals surface area contributed by atoms with Crippen LogP contribution in [0.1, 0.15) is 11.1 Å². The van der Waals surface area contributed by atoms with Crippen LogP contribution in [0.25, 0.3) is 0 Å². The first-order valence-corrected chi connectivity index (χ1v) is 6.62. The summed E-state index contributed by atoms with van der Waals surface area (Å²) in [7, 11) is 3.65. The number of anilines is 1. The Hall–Kier alpha value is -2.28. The van der Waals surface area contributed by atoms with Crippen molar-refractivity contribution in [2.75, 3.05) is 19.0 Å². The highest BCUT2D eigenvalue weighted by Crippen LogP contribution is 2.13. The summed E-state index contributed by atoms with van der Waals surface area (Å²) in [5.41, 5.74) is 7.11. The van der Waals surface area contributed by atoms with Crippen molar-refractivity contribution in [1.82, 2.24) is 9.78 Å². The number of nitrogens with two attached hydrogens (primary N) is 1. The van der Waals surface area contributed by atoms with E-state index in [0.717, 1.165) is 0 Å². The lowest BCUT2D eigenvalue weighted by Crippen LogP contribution is -2.26. The molecule has 0 aliphatic carbocycles. The van der Waals surface area contributed by atoms with Gasteiger partial charge in [-0.15, -0.1) is 0 Å². The summed E-state index contributed by atoms with van der Waals surface area (Å²) < 4.78 is 14.5. The lowest BCUT2D eigenvalue weighted by atomic mass is 10.1. The van der Waals surface area contributed by atoms with Crippen LogP contribution in [0.2, 0.25) is 0 Å². The lowest BCUT2D eigenvalue weighted by molar-refractivity contribution is 0.618. The van der Waals surface area contributed by atoms with E-state index in [1.54, 1.807) is 17.2 Å². The molecular formula is C14H15FN4OS. The van der Waals surface area contributed by atoms with Crippen molar-refractivity contribution in [2.24, 2.45) is 5.73 Å². The minimum atomic E-state index is -0.426. The molecule has 2 rings (SSSR count). The largest absolute Gasteiger partial charge is 0.389 e. The topological polar surface area (TPSA) is 64.2 Å². The van der Waals surface area contributed by atoms with Gasteiger partial charge in [-0.3, -0.25) is 4.79 Å². The van der Waals surface area contributed by atoms with Crippen molar-refractivity contribution in [3.8, 4) is 0 Å². The predicted molar refractivity (Wildman–Crippen MR) is 84.2 cm³/mol. The highest BCUT2D eigenvalue weighted by Gasteiger charge is 2.09. The molecule has 110 valence electrons. The van der Waals surface area contributed by atoms with Gasteiger partial charge >= 0.3 is 0 Å². The molecule has 0 saturated heterocycles. The maximum absolute atomic E-state index is 13.3. The van der Waals surface area contributed by atoms with Gasteiger partial charge in [-0.05, 0) is 17.7 Å². The van der Waals surface area contributed by atoms with Crippen molar-refractivity contribution in [2.45, 2.75) is 6.54 Å². The summed E-state index contributed by atoms with van der Waals surface area (Å²) in [6.07, 6.45) is 1.59. The molecule has 0 aliphatic rings. The zero-order valence-electron chi connectivity index (χ0n) is 11.7. The van der Waals surface area contributed by atoms with E-state index in [2.05, 4.69) is 5.10 Å². The summed E-state index contributed by atoms with van der Waals surface area (Å²) >= 11 is 4.91. The fraction of sp³-hybridized carbons (Fsp3) is 0.214. The van der Waals surface area contributed by atoms with Crippen LogP contribution >= 0.6 is 12.2 Å². The molecule has 2 aromatic rings. The van der Waals surface area contributed by atoms with Crippen molar-refractivity contribution in [3.63, 3.8) is 0 Å². The fourth-order valence-corrected chi connectivity index (χ4v) is 2.05. The number of aromatic nitrogens is 2. The van der Waals surface area contributed by atoms with E-state index in [1.165, 1.54) is 22.9 Å². The van der Waals surface area contributed by atoms with E-state index in [4.69, 9.17) is 18.0 Å². The Labute approximate surface area is 126 Å². The maximum Gasteiger partial charge on any atom is 0.269 e. The van der Waals surface area contributed by atoms with Crippen molar-refractivity contribution < 1.29 is 4.39 Å². The zero-order valence-corrected chi connectivity index (χ0v) is 12.5. The molecule has 0 fully saturated rings. The van der Waals surface area contributed by atoms with Gasteiger partial charge in [-0.2, -0.15) is 5.10 Å². The molecule has 1 aromatic carbocycles. The van der Waals surface area contributed by atoms with Crippen LogP contribution in [-0.4, -0.2) is 28.9 Å². The second kappa shape index (κ2) is 6.01. The predicted octanol–water partition coefficient (Wildman–Crippen LogP) is 1.13. The number of rotatable bonds is 4. The van der Waals surface area contributed by atoms with E-state index in [1.807, 2.05) is 14.1 Å². The number of hydrogen-bond donors (Lipinski definition) is 1. The Morgan fingerprint density at radius 1 is 1.43 bits per heavy atom. The van der Waals surface area contributed by atoms with E-state index in [0.29, 0.717) is 16.8 Å². The second-order valence-corrected chi connectivity index (χ2v) is 5.21. The third-order valence-electron chi connectivity index (χ3n) is 3.03. The minimum absolute atomic E-state index is 0.0856. The van der Waals surface area contributed by atoms with Gasteiger partial charge in [0.15, 0.2) is 0 Å². The van der Waals surface area contributed by atoms with Crippen LogP contribution < -0.4 is 16.2 Å². The fourth-order valence-electron chi connectivity index (χ4n) is 1.86. The Morgan fingerprint density at radius 3 is 2.71 bits per heavy atom. The first-order valence-electron chi connectivity index (χ1n) is 6.21. The summed E-state index contributed by atoms with van der Waals surface area (Å²) in [6.45, 7) is 0.180. The smallest absolute Gasteiger partial charge is 0.269 e. The molecule has 1 heterocycles. The number of nitrogens with zero attached hydrogens (tertiary/aromatic N) is 3. The lowest BCUT2D eigenvalue weighted by Gasteiger charge is -2.13. The molecule has 2 N–H and O–H groups in total. The SMILES string of the molecule is CN(C)c1cnn(Cc2ccc(F)cc2C(N)=S)c(=O)c1. The van der Waals surface area contributed by atoms with Crippen LogP contribution in [-0.2, 0) is 6.54 Å². The summed E-state index contributed by atoms with van der Waals surface area (Å²) in [4.78, 5) is 13.9. The second-order valence-electron chi connectivity index (χ2n) is 4.77. The Balaban J connectivity index is 2.39. The molecule has 0 aliphatic heterocycles. The molecule has 21 heavy (non-hydrogen) atoms. The molecule has 0 bridgehead atoms. The first kappa shape index (κ1) is 15.1. The highest BCUT2D eigenvalue weighted by molar-refractivity contribution is 7.80. The van der Waals surface area contributed by atoms with Crippen LogP contribution in [0.5, 0.6) is 0 Å². The van der Waals surface area contributed by atoms with Gasteiger partial charge in [-0.1, -0.05) is 18.3 Å². The van der Waals surface area contributed by atoms with Gasteiger partial charge in [0.05, 0.1) is 18.4 Å². The van der Waals surface area contributed by atoms with Crippen LogP contribution in [0.15, 0.2) is 35.3 Å². The molecule has 7 heteroatoms. The van der Waals surface area contributed by atoms with Crippen LogP contribution in [0, 0.1) is 5.82 Å². The molecule has 0 atom stereocenters. The third-order valence-corrected chi connectivity index (χ3v) is 3.25. The van der Waals surface area contributed by atoms with Gasteiger partial charge in [0.2, 0.25) is 0 Å². The average Bonchev–Trinajstić information content (AvgIpc) is 2.42. The quantitative estimate of drug-likeness (QED) is 0.858. The van der Waals surface area contributed by atoms with Crippen LogP contribution in [0.4, 0.5) is 10.1 Å². The molecule has 0 spiro atoms. The molecule has 1 aromatic heterocycles. The van der Waals surface area contributed by atoms with Gasteiger partial charge in [0, 0.05) is 25.7 Å². The number of hydrogen-bond acceptors (Lipinski definition) is 4. The summed E-state index contributed by atoms with van der Waals surface area (Å²) in [5, 5.41) is 4.10. The maximum atomic E-state index is 13.3. The monoisotopic (exact) mass is 306 g/mol. The highest BCUT2D eigenvalue weighted by atomic mass is 32.1. The van der Waals surface area contributed by atoms with Gasteiger partial charge in [-0.25, -0.2) is 9.07 Å². The Kier molecular flexibility index (Phi) is 4.32. The minimum Gasteiger partial charge on any atom is -0.389 e. The third kappa shape index (κ3) is 3.43. The van der Waals surface area contributed by atoms with E-state index < -0.39 is 5.82 Å². The summed E-state index contributed by atoms with van der Waals surface area (Å²) in [5.74, 6) is -0.426. The molecule has 0 radical (unpaired) electrons. The Morgan fingerprint density at radius 2 is 2.14 bits per heavy atom. The standard InChI is InChI=1S/C14H15FN4OS/c1-18(2)11-6-13(20)19(17-7-11)8-9-3-4-10(15)5-12(9)14(16)21/h3-7H,8H2,1-2H3,(H2,16,21). The first-order chi connectivity index (χ1) is 9.88. The molecule has 0 amide bonds. The average molecular weight is 306 g/mol. The van der Waals surface area contributed by atoms with Gasteiger partial charge in [0.25, 0.3) is 5.56 Å². The van der Waals surface area contributed by atoms with Gasteiger partial charge in [0.1, 0.15) is 10.8 Å². The normalized spacial score (nSPS) is 10.4. The van der Waals surface area contributed by atoms with E-state index in [-0.39, 0.29) is 17.1 Å². The number of thiocarbonyl (C=S) groups is 1. The molecule has 0 saturated carbocycles. The molecular weight excluding hydrogens is 291 g/mol. The summed E-state index contributed by atoms with van der Waals surface area (Å²) in [6, 6.07) is 5.60. The Bertz CT molecular complexity index is 742. The number of halogens is 1.